The zero-order valence-corrected chi connectivity index (χ0v) is 17.5. The van der Waals surface area contributed by atoms with Gasteiger partial charge in [0.1, 0.15) is 12.4 Å². The number of nitrogen functional groups attached to an aromatic ring is 1. The van der Waals surface area contributed by atoms with E-state index in [1.807, 2.05) is 48.5 Å². The van der Waals surface area contributed by atoms with Gasteiger partial charge in [-0.05, 0) is 34.0 Å². The van der Waals surface area contributed by atoms with Crippen LogP contribution in [0.4, 0.5) is 5.95 Å². The van der Waals surface area contributed by atoms with Gasteiger partial charge in [0.25, 0.3) is 0 Å². The molecule has 156 valence electrons. The number of rotatable bonds is 5. The van der Waals surface area contributed by atoms with Gasteiger partial charge in [-0.1, -0.05) is 48.0 Å². The van der Waals surface area contributed by atoms with Crippen LogP contribution < -0.4 is 15.2 Å². The van der Waals surface area contributed by atoms with Crippen LogP contribution in [-0.2, 0) is 24.6 Å². The fourth-order valence-electron chi connectivity index (χ4n) is 3.86. The summed E-state index contributed by atoms with van der Waals surface area (Å²) in [6.45, 7) is 1.29. The average molecular weight is 435 g/mol. The zero-order valence-electron chi connectivity index (χ0n) is 16.8. The third-order valence-electron chi connectivity index (χ3n) is 5.20. The van der Waals surface area contributed by atoms with Crippen LogP contribution in [0.25, 0.3) is 22.2 Å². The molecule has 0 atom stereocenters. The summed E-state index contributed by atoms with van der Waals surface area (Å²) < 4.78 is 16.9. The lowest BCUT2D eigenvalue weighted by atomic mass is 9.94. The molecule has 5 rings (SSSR count). The predicted octanol–water partition coefficient (Wildman–Crippen LogP) is 4.55. The van der Waals surface area contributed by atoms with Crippen molar-refractivity contribution in [3.05, 3.63) is 70.2 Å². The molecule has 0 fully saturated rings. The van der Waals surface area contributed by atoms with Crippen molar-refractivity contribution in [1.82, 2.24) is 15.0 Å². The molecule has 0 saturated carbocycles. The molecule has 8 heteroatoms. The second kappa shape index (κ2) is 8.02. The number of anilines is 1. The van der Waals surface area contributed by atoms with Crippen LogP contribution in [0.1, 0.15) is 16.7 Å². The maximum Gasteiger partial charge on any atom is 0.322 e. The van der Waals surface area contributed by atoms with Crippen LogP contribution >= 0.6 is 11.6 Å². The maximum atomic E-state index is 6.66. The number of nitrogens with zero attached hydrogens (tertiary/aromatic N) is 3. The van der Waals surface area contributed by atoms with Gasteiger partial charge in [0, 0.05) is 11.1 Å². The molecule has 1 aromatic heterocycles. The lowest BCUT2D eigenvalue weighted by molar-refractivity contribution is 0.103. The number of hydrogen-bond acceptors (Lipinski definition) is 7. The molecule has 0 amide bonds. The number of nitrogens with two attached hydrogens (primary N) is 1. The number of aromatic nitrogens is 3. The molecule has 1 aliphatic heterocycles. The lowest BCUT2D eigenvalue weighted by Gasteiger charge is -2.20. The molecule has 3 aromatic carbocycles. The van der Waals surface area contributed by atoms with Crippen LogP contribution in [-0.4, -0.2) is 22.1 Å². The topological polar surface area (TPSA) is 92.4 Å². The van der Waals surface area contributed by atoms with Gasteiger partial charge in [-0.15, -0.1) is 0 Å². The molecular weight excluding hydrogens is 416 g/mol. The number of halogens is 1. The molecule has 0 saturated heterocycles. The van der Waals surface area contributed by atoms with Gasteiger partial charge < -0.3 is 19.9 Å². The number of benzene rings is 3. The lowest BCUT2D eigenvalue weighted by Crippen LogP contribution is -2.08. The van der Waals surface area contributed by atoms with Crippen LogP contribution in [0.15, 0.2) is 48.5 Å². The smallest absolute Gasteiger partial charge is 0.322 e. The van der Waals surface area contributed by atoms with Crippen molar-refractivity contribution >= 4 is 28.3 Å². The molecule has 2 N–H and O–H groups in total. The third-order valence-corrected chi connectivity index (χ3v) is 5.50. The second-order valence-electron chi connectivity index (χ2n) is 7.13. The third kappa shape index (κ3) is 3.62. The molecular formula is C23H19ClN4O3. The zero-order chi connectivity index (χ0) is 21.4. The van der Waals surface area contributed by atoms with Gasteiger partial charge in [-0.3, -0.25) is 0 Å². The number of hydrogen-bond donors (Lipinski definition) is 1. The number of ether oxygens (including phenoxy) is 3. The van der Waals surface area contributed by atoms with E-state index in [9.17, 15) is 0 Å². The van der Waals surface area contributed by atoms with Gasteiger partial charge >= 0.3 is 6.01 Å². The highest BCUT2D eigenvalue weighted by atomic mass is 35.5. The highest BCUT2D eigenvalue weighted by Gasteiger charge is 2.21. The summed E-state index contributed by atoms with van der Waals surface area (Å²) in [5, 5.41) is 2.58. The predicted molar refractivity (Wildman–Crippen MR) is 118 cm³/mol. The fourth-order valence-corrected chi connectivity index (χ4v) is 4.18. The highest BCUT2D eigenvalue weighted by Crippen LogP contribution is 2.39. The molecule has 0 spiro atoms. The van der Waals surface area contributed by atoms with E-state index in [2.05, 4.69) is 15.0 Å². The van der Waals surface area contributed by atoms with Crippen LogP contribution in [0.3, 0.4) is 0 Å². The van der Waals surface area contributed by atoms with Gasteiger partial charge in [0.2, 0.25) is 5.95 Å². The monoisotopic (exact) mass is 434 g/mol. The quantitative estimate of drug-likeness (QED) is 0.492. The van der Waals surface area contributed by atoms with Crippen molar-refractivity contribution in [2.75, 3.05) is 12.8 Å². The van der Waals surface area contributed by atoms with E-state index in [4.69, 9.17) is 31.5 Å². The first-order valence-electron chi connectivity index (χ1n) is 9.71. The Balaban J connectivity index is 1.56. The van der Waals surface area contributed by atoms with E-state index < -0.39 is 0 Å². The molecule has 4 aromatic rings. The van der Waals surface area contributed by atoms with E-state index in [1.165, 1.54) is 0 Å². The van der Waals surface area contributed by atoms with Crippen molar-refractivity contribution in [3.8, 4) is 23.1 Å². The Kier molecular flexibility index (Phi) is 5.05. The Bertz CT molecular complexity index is 1300. The molecule has 0 bridgehead atoms. The summed E-state index contributed by atoms with van der Waals surface area (Å²) in [7, 11) is 1.61. The molecule has 31 heavy (non-hydrogen) atoms. The minimum atomic E-state index is 0.0555. The molecule has 1 aliphatic rings. The summed E-state index contributed by atoms with van der Waals surface area (Å²) in [5.41, 5.74) is 9.69. The van der Waals surface area contributed by atoms with Crippen molar-refractivity contribution in [2.24, 2.45) is 0 Å². The first-order valence-corrected chi connectivity index (χ1v) is 10.1. The van der Waals surface area contributed by atoms with Crippen LogP contribution in [0.5, 0.6) is 11.8 Å². The Labute approximate surface area is 183 Å². The van der Waals surface area contributed by atoms with Crippen LogP contribution in [0, 0.1) is 0 Å². The van der Waals surface area contributed by atoms with Crippen molar-refractivity contribution < 1.29 is 14.2 Å². The van der Waals surface area contributed by atoms with E-state index in [-0.39, 0.29) is 18.6 Å². The SMILES string of the molecule is COc1ccccc1COc1nc(N)nc(-c2c(Cl)cc3c4c(cccc24)COC3)n1. The first-order chi connectivity index (χ1) is 15.1. The highest BCUT2D eigenvalue weighted by molar-refractivity contribution is 6.35. The average Bonchev–Trinajstić information content (AvgIpc) is 2.78. The van der Waals surface area contributed by atoms with Crippen molar-refractivity contribution in [2.45, 2.75) is 19.8 Å². The van der Waals surface area contributed by atoms with Crippen molar-refractivity contribution in [3.63, 3.8) is 0 Å². The summed E-state index contributed by atoms with van der Waals surface area (Å²) in [6.07, 6.45) is 0. The van der Waals surface area contributed by atoms with Crippen LogP contribution in [0.2, 0.25) is 5.02 Å². The minimum absolute atomic E-state index is 0.0555. The second-order valence-corrected chi connectivity index (χ2v) is 7.53. The molecule has 0 unspecified atom stereocenters. The Morgan fingerprint density at radius 3 is 2.74 bits per heavy atom. The fraction of sp³-hybridized carbons (Fsp3) is 0.174. The number of para-hydroxylation sites is 1. The van der Waals surface area contributed by atoms with Gasteiger partial charge in [-0.25, -0.2) is 0 Å². The van der Waals surface area contributed by atoms with Gasteiger partial charge in [-0.2, -0.15) is 15.0 Å². The standard InChI is InChI=1S/C23H19ClN4O3/c1-29-18-8-3-2-5-13(18)12-31-23-27-21(26-22(25)28-23)20-16-7-4-6-14-10-30-11-15(19(14)16)9-17(20)24/h2-9H,10-12H2,1H3,(H2,25,26,27,28). The Morgan fingerprint density at radius 2 is 1.87 bits per heavy atom. The van der Waals surface area contributed by atoms with E-state index in [0.717, 1.165) is 33.2 Å². The first kappa shape index (κ1) is 19.5. The van der Waals surface area contributed by atoms with E-state index in [0.29, 0.717) is 29.6 Å². The van der Waals surface area contributed by atoms with Crippen molar-refractivity contribution in [1.29, 1.82) is 0 Å². The summed E-state index contributed by atoms with van der Waals surface area (Å²) in [6, 6.07) is 15.6. The minimum Gasteiger partial charge on any atom is -0.496 e. The normalized spacial score (nSPS) is 12.7. The molecule has 7 nitrogen and oxygen atoms in total. The molecule has 0 aliphatic carbocycles. The Hall–Kier alpha value is -3.42. The van der Waals surface area contributed by atoms with E-state index in [1.54, 1.807) is 7.11 Å². The van der Waals surface area contributed by atoms with E-state index >= 15 is 0 Å². The molecule has 0 radical (unpaired) electrons. The Morgan fingerprint density at radius 1 is 1.03 bits per heavy atom. The maximum absolute atomic E-state index is 6.66. The number of methoxy groups -OCH3 is 1. The summed E-state index contributed by atoms with van der Waals surface area (Å²) in [4.78, 5) is 13.0. The van der Waals surface area contributed by atoms with Gasteiger partial charge in [0.15, 0.2) is 5.82 Å². The summed E-state index contributed by atoms with van der Waals surface area (Å²) in [5.74, 6) is 1.14. The largest absolute Gasteiger partial charge is 0.496 e. The summed E-state index contributed by atoms with van der Waals surface area (Å²) >= 11 is 6.66. The van der Waals surface area contributed by atoms with Gasteiger partial charge in [0.05, 0.1) is 25.3 Å². The molecule has 2 heterocycles.